The van der Waals surface area contributed by atoms with Gasteiger partial charge in [0.15, 0.2) is 0 Å². The molecule has 0 fully saturated rings. The Morgan fingerprint density at radius 1 is 0.950 bits per heavy atom. The van der Waals surface area contributed by atoms with Crippen LogP contribution >= 0.6 is 0 Å². The van der Waals surface area contributed by atoms with Gasteiger partial charge in [-0.25, -0.2) is 9.59 Å². The zero-order chi connectivity index (χ0) is 15.1. The van der Waals surface area contributed by atoms with Gasteiger partial charge in [0.2, 0.25) is 0 Å². The van der Waals surface area contributed by atoms with E-state index in [1.807, 2.05) is 0 Å². The topological polar surface area (TPSA) is 74.6 Å². The summed E-state index contributed by atoms with van der Waals surface area (Å²) < 4.78 is 0. The lowest BCUT2D eigenvalue weighted by Gasteiger charge is -2.22. The average Bonchev–Trinajstić information content (AvgIpc) is 2.35. The van der Waals surface area contributed by atoms with Gasteiger partial charge in [-0.15, -0.1) is 0 Å². The van der Waals surface area contributed by atoms with E-state index >= 15 is 0 Å². The smallest absolute Gasteiger partial charge is 0.335 e. The van der Waals surface area contributed by atoms with Crippen molar-refractivity contribution < 1.29 is 19.8 Å². The van der Waals surface area contributed by atoms with Gasteiger partial charge in [-0.1, -0.05) is 31.8 Å². The van der Waals surface area contributed by atoms with Gasteiger partial charge in [-0.2, -0.15) is 0 Å². The Hall–Kier alpha value is -2.14. The first kappa shape index (κ1) is 14.3. The van der Waals surface area contributed by atoms with E-state index in [1.54, 1.807) is 24.3 Å². The summed E-state index contributed by atoms with van der Waals surface area (Å²) in [5.41, 5.74) is 0.529. The summed E-state index contributed by atoms with van der Waals surface area (Å²) in [4.78, 5) is 22.4. The van der Waals surface area contributed by atoms with Crippen molar-refractivity contribution >= 4 is 36.0 Å². The third kappa shape index (κ3) is 2.44. The van der Waals surface area contributed by atoms with E-state index in [9.17, 15) is 14.7 Å². The quantitative estimate of drug-likeness (QED) is 0.852. The molecule has 2 rings (SSSR count). The monoisotopic (exact) mass is 288 g/mol. The second kappa shape index (κ2) is 4.75. The first-order valence-corrected chi connectivity index (χ1v) is 9.75. The van der Waals surface area contributed by atoms with E-state index in [0.717, 1.165) is 16.0 Å². The Kier molecular flexibility index (Phi) is 3.39. The van der Waals surface area contributed by atoms with Crippen LogP contribution in [0.25, 0.3) is 10.8 Å². The van der Waals surface area contributed by atoms with Crippen LogP contribution in [0, 0.1) is 0 Å². The SMILES string of the molecule is C[Si](C)(C)c1c(C(=O)O)ccc2cc(C(=O)O)ccc12. The molecule has 0 spiro atoms. The summed E-state index contributed by atoms with van der Waals surface area (Å²) in [6.07, 6.45) is 0. The number of hydrogen-bond acceptors (Lipinski definition) is 2. The molecular weight excluding hydrogens is 272 g/mol. The lowest BCUT2D eigenvalue weighted by molar-refractivity contribution is 0.0686. The van der Waals surface area contributed by atoms with Gasteiger partial charge in [0.25, 0.3) is 0 Å². The zero-order valence-electron chi connectivity index (χ0n) is 11.6. The van der Waals surface area contributed by atoms with Crippen molar-refractivity contribution in [3.05, 3.63) is 41.5 Å². The third-order valence-corrected chi connectivity index (χ3v) is 5.29. The van der Waals surface area contributed by atoms with Gasteiger partial charge in [-0.3, -0.25) is 0 Å². The van der Waals surface area contributed by atoms with Crippen molar-refractivity contribution in [2.75, 3.05) is 0 Å². The largest absolute Gasteiger partial charge is 0.478 e. The molecule has 0 amide bonds. The first-order valence-electron chi connectivity index (χ1n) is 6.25. The molecule has 0 saturated carbocycles. The highest BCUT2D eigenvalue weighted by atomic mass is 28.3. The van der Waals surface area contributed by atoms with E-state index in [0.29, 0.717) is 5.56 Å². The summed E-state index contributed by atoms with van der Waals surface area (Å²) in [6.45, 7) is 6.25. The molecule has 0 atom stereocenters. The molecule has 0 bridgehead atoms. The van der Waals surface area contributed by atoms with Crippen LogP contribution < -0.4 is 5.19 Å². The molecule has 4 nitrogen and oxygen atoms in total. The molecule has 104 valence electrons. The van der Waals surface area contributed by atoms with Crippen LogP contribution in [0.3, 0.4) is 0 Å². The summed E-state index contributed by atoms with van der Waals surface area (Å²) in [7, 11) is -1.88. The number of carboxylic acid groups (broad SMARTS) is 2. The highest BCUT2D eigenvalue weighted by Crippen LogP contribution is 2.20. The minimum Gasteiger partial charge on any atom is -0.478 e. The number of aromatic carboxylic acids is 2. The van der Waals surface area contributed by atoms with Gasteiger partial charge in [0.1, 0.15) is 0 Å². The second-order valence-electron chi connectivity index (χ2n) is 5.78. The number of rotatable bonds is 3. The Morgan fingerprint density at radius 2 is 1.60 bits per heavy atom. The third-order valence-electron chi connectivity index (χ3n) is 3.25. The highest BCUT2D eigenvalue weighted by Gasteiger charge is 2.26. The number of benzene rings is 2. The minimum atomic E-state index is -1.88. The molecule has 0 saturated heterocycles. The molecule has 0 aliphatic heterocycles. The summed E-state index contributed by atoms with van der Waals surface area (Å²) in [5, 5.41) is 20.9. The van der Waals surface area contributed by atoms with Gasteiger partial charge < -0.3 is 10.2 Å². The fourth-order valence-corrected chi connectivity index (χ4v) is 4.48. The van der Waals surface area contributed by atoms with Gasteiger partial charge in [-0.05, 0) is 34.2 Å². The molecule has 0 radical (unpaired) electrons. The number of carboxylic acids is 2. The lowest BCUT2D eigenvalue weighted by Crippen LogP contribution is -2.42. The molecular formula is C15H16O4Si. The van der Waals surface area contributed by atoms with Crippen molar-refractivity contribution in [3.63, 3.8) is 0 Å². The molecule has 2 N–H and O–H groups in total. The highest BCUT2D eigenvalue weighted by molar-refractivity contribution is 6.91. The van der Waals surface area contributed by atoms with Crippen molar-refractivity contribution in [2.24, 2.45) is 0 Å². The van der Waals surface area contributed by atoms with Gasteiger partial charge in [0.05, 0.1) is 19.2 Å². The second-order valence-corrected chi connectivity index (χ2v) is 10.8. The fraction of sp³-hybridized carbons (Fsp3) is 0.200. The van der Waals surface area contributed by atoms with Crippen LogP contribution in [-0.4, -0.2) is 30.2 Å². The predicted octanol–water partition coefficient (Wildman–Crippen LogP) is 2.78. The maximum atomic E-state index is 11.4. The average molecular weight is 288 g/mol. The first-order chi connectivity index (χ1) is 9.21. The number of fused-ring (bicyclic) bond motifs is 1. The molecule has 0 aliphatic carbocycles. The standard InChI is InChI=1S/C15H16O4Si/c1-20(2,3)13-11-6-5-10(14(16)17)8-9(11)4-7-12(13)15(18)19/h4-8H,1-3H3,(H,16,17)(H,18,19). The maximum absolute atomic E-state index is 11.4. The van der Waals surface area contributed by atoms with Crippen molar-refractivity contribution in [1.29, 1.82) is 0 Å². The maximum Gasteiger partial charge on any atom is 0.335 e. The van der Waals surface area contributed by atoms with Crippen LogP contribution in [0.4, 0.5) is 0 Å². The van der Waals surface area contributed by atoms with Crippen LogP contribution in [0.1, 0.15) is 20.7 Å². The van der Waals surface area contributed by atoms with Crippen LogP contribution in [0.15, 0.2) is 30.3 Å². The van der Waals surface area contributed by atoms with Crippen LogP contribution in [0.5, 0.6) is 0 Å². The van der Waals surface area contributed by atoms with Crippen molar-refractivity contribution in [2.45, 2.75) is 19.6 Å². The fourth-order valence-electron chi connectivity index (χ4n) is 2.45. The Morgan fingerprint density at radius 3 is 2.10 bits per heavy atom. The molecule has 0 aliphatic rings. The number of carbonyl (C=O) groups is 2. The normalized spacial score (nSPS) is 11.6. The summed E-state index contributed by atoms with van der Waals surface area (Å²) >= 11 is 0. The van der Waals surface area contributed by atoms with Crippen LogP contribution in [0.2, 0.25) is 19.6 Å². The summed E-state index contributed by atoms with van der Waals surface area (Å²) in [5.74, 6) is -1.92. The van der Waals surface area contributed by atoms with Crippen molar-refractivity contribution in [3.8, 4) is 0 Å². The summed E-state index contributed by atoms with van der Waals surface area (Å²) in [6, 6.07) is 8.09. The molecule has 2 aromatic rings. The van der Waals surface area contributed by atoms with E-state index in [1.165, 1.54) is 6.07 Å². The molecule has 20 heavy (non-hydrogen) atoms. The van der Waals surface area contributed by atoms with Gasteiger partial charge >= 0.3 is 11.9 Å². The molecule has 0 aromatic heterocycles. The Balaban J connectivity index is 2.85. The molecule has 0 heterocycles. The van der Waals surface area contributed by atoms with E-state index < -0.39 is 20.0 Å². The zero-order valence-corrected chi connectivity index (χ0v) is 12.6. The molecule has 5 heteroatoms. The van der Waals surface area contributed by atoms with Gasteiger partial charge in [0, 0.05) is 0 Å². The predicted molar refractivity (Wildman–Crippen MR) is 80.8 cm³/mol. The molecule has 2 aromatic carbocycles. The minimum absolute atomic E-state index is 0.210. The van der Waals surface area contributed by atoms with E-state index in [2.05, 4.69) is 19.6 Å². The number of hydrogen-bond donors (Lipinski definition) is 2. The molecule has 0 unspecified atom stereocenters. The Labute approximate surface area is 117 Å². The Bertz CT molecular complexity index is 714. The lowest BCUT2D eigenvalue weighted by atomic mass is 10.0. The van der Waals surface area contributed by atoms with Crippen LogP contribution in [-0.2, 0) is 0 Å². The van der Waals surface area contributed by atoms with E-state index in [-0.39, 0.29) is 5.56 Å². The van der Waals surface area contributed by atoms with E-state index in [4.69, 9.17) is 5.11 Å². The van der Waals surface area contributed by atoms with Crippen molar-refractivity contribution in [1.82, 2.24) is 0 Å².